The molecular formula is C12H17NO. The highest BCUT2D eigenvalue weighted by molar-refractivity contribution is 5.39. The van der Waals surface area contributed by atoms with Crippen LogP contribution in [0.3, 0.4) is 0 Å². The second kappa shape index (κ2) is 3.62. The summed E-state index contributed by atoms with van der Waals surface area (Å²) in [6, 6.07) is 6.92. The van der Waals surface area contributed by atoms with Crippen LogP contribution in [0.15, 0.2) is 18.2 Å². The third-order valence-electron chi connectivity index (χ3n) is 3.20. The number of likely N-dealkylation sites (N-methyl/N-ethyl adjacent to an activating group) is 1. The molecule has 1 unspecified atom stereocenters. The van der Waals surface area contributed by atoms with E-state index in [1.807, 2.05) is 0 Å². The van der Waals surface area contributed by atoms with E-state index in [-0.39, 0.29) is 0 Å². The molecule has 1 aromatic carbocycles. The van der Waals surface area contributed by atoms with Crippen molar-refractivity contribution < 1.29 is 4.74 Å². The molecule has 0 saturated heterocycles. The smallest absolute Gasteiger partial charge is 0.119 e. The lowest BCUT2D eigenvalue weighted by Crippen LogP contribution is -2.30. The molecular weight excluding hydrogens is 174 g/mol. The molecule has 0 radical (unpaired) electrons. The van der Waals surface area contributed by atoms with E-state index < -0.39 is 0 Å². The molecule has 76 valence electrons. The molecule has 0 fully saturated rings. The van der Waals surface area contributed by atoms with E-state index in [1.165, 1.54) is 11.1 Å². The van der Waals surface area contributed by atoms with Crippen LogP contribution in [0.2, 0.25) is 0 Å². The van der Waals surface area contributed by atoms with Crippen molar-refractivity contribution in [3.8, 4) is 5.75 Å². The number of benzene rings is 1. The first-order valence-electron chi connectivity index (χ1n) is 5.09. The van der Waals surface area contributed by atoms with Crippen LogP contribution in [0.25, 0.3) is 0 Å². The largest absolute Gasteiger partial charge is 0.497 e. The summed E-state index contributed by atoms with van der Waals surface area (Å²) in [6.45, 7) is 3.40. The third-order valence-corrected chi connectivity index (χ3v) is 3.20. The molecule has 1 aromatic rings. The van der Waals surface area contributed by atoms with E-state index in [4.69, 9.17) is 4.74 Å². The molecule has 1 aliphatic rings. The Labute approximate surface area is 85.5 Å². The topological polar surface area (TPSA) is 12.5 Å². The Morgan fingerprint density at radius 1 is 1.43 bits per heavy atom. The van der Waals surface area contributed by atoms with Crippen molar-refractivity contribution in [3.05, 3.63) is 29.3 Å². The monoisotopic (exact) mass is 191 g/mol. The summed E-state index contributed by atoms with van der Waals surface area (Å²) in [5, 5.41) is 0. The van der Waals surface area contributed by atoms with Crippen LogP contribution in [0.1, 0.15) is 24.1 Å². The van der Waals surface area contributed by atoms with E-state index >= 15 is 0 Å². The van der Waals surface area contributed by atoms with Gasteiger partial charge in [0.05, 0.1) is 7.11 Å². The molecule has 0 N–H and O–H groups in total. The Balaban J connectivity index is 2.41. The second-order valence-corrected chi connectivity index (χ2v) is 3.97. The van der Waals surface area contributed by atoms with Crippen molar-refractivity contribution in [3.63, 3.8) is 0 Å². The fourth-order valence-corrected chi connectivity index (χ4v) is 2.04. The minimum Gasteiger partial charge on any atom is -0.497 e. The Morgan fingerprint density at radius 2 is 2.21 bits per heavy atom. The van der Waals surface area contributed by atoms with Crippen molar-refractivity contribution in [2.24, 2.45) is 0 Å². The maximum atomic E-state index is 5.25. The number of hydrogen-bond acceptors (Lipinski definition) is 2. The number of fused-ring (bicyclic) bond motifs is 1. The van der Waals surface area contributed by atoms with E-state index in [9.17, 15) is 0 Å². The Kier molecular flexibility index (Phi) is 2.46. The molecule has 0 aromatic heterocycles. The first-order valence-corrected chi connectivity index (χ1v) is 5.09. The molecule has 0 spiro atoms. The zero-order valence-electron chi connectivity index (χ0n) is 9.08. The van der Waals surface area contributed by atoms with Gasteiger partial charge in [-0.25, -0.2) is 0 Å². The third kappa shape index (κ3) is 1.50. The van der Waals surface area contributed by atoms with Gasteiger partial charge in [0.1, 0.15) is 5.75 Å². The number of methoxy groups -OCH3 is 1. The van der Waals surface area contributed by atoms with Crippen LogP contribution in [-0.4, -0.2) is 25.6 Å². The molecule has 1 aliphatic heterocycles. The van der Waals surface area contributed by atoms with Gasteiger partial charge >= 0.3 is 0 Å². The van der Waals surface area contributed by atoms with Gasteiger partial charge in [-0.3, -0.25) is 4.90 Å². The number of rotatable bonds is 1. The normalized spacial score (nSPS) is 21.8. The summed E-state index contributed by atoms with van der Waals surface area (Å²) >= 11 is 0. The van der Waals surface area contributed by atoms with Gasteiger partial charge in [-0.05, 0) is 43.7 Å². The molecule has 0 aliphatic carbocycles. The zero-order valence-corrected chi connectivity index (χ0v) is 9.08. The number of nitrogens with zero attached hydrogens (tertiary/aromatic N) is 1. The molecule has 2 nitrogen and oxygen atoms in total. The lowest BCUT2D eigenvalue weighted by molar-refractivity contribution is 0.247. The van der Waals surface area contributed by atoms with Gasteiger partial charge in [-0.1, -0.05) is 6.07 Å². The van der Waals surface area contributed by atoms with Crippen LogP contribution < -0.4 is 4.74 Å². The van der Waals surface area contributed by atoms with Crippen LogP contribution in [0.5, 0.6) is 5.75 Å². The minimum absolute atomic E-state index is 0.508. The van der Waals surface area contributed by atoms with E-state index in [0.717, 1.165) is 18.7 Å². The van der Waals surface area contributed by atoms with Crippen molar-refractivity contribution in [2.45, 2.75) is 19.4 Å². The number of hydrogen-bond donors (Lipinski definition) is 0. The summed E-state index contributed by atoms with van der Waals surface area (Å²) in [6.07, 6.45) is 1.15. The predicted octanol–water partition coefficient (Wildman–Crippen LogP) is 2.24. The molecule has 2 heteroatoms. The average molecular weight is 191 g/mol. The van der Waals surface area contributed by atoms with Gasteiger partial charge in [0.2, 0.25) is 0 Å². The van der Waals surface area contributed by atoms with Crippen LogP contribution in [-0.2, 0) is 6.42 Å². The SMILES string of the molecule is COc1ccc2c(c1)C(C)N(C)CC2. The average Bonchev–Trinajstić information content (AvgIpc) is 2.23. The van der Waals surface area contributed by atoms with Crippen molar-refractivity contribution >= 4 is 0 Å². The molecule has 14 heavy (non-hydrogen) atoms. The summed E-state index contributed by atoms with van der Waals surface area (Å²) in [4.78, 5) is 2.38. The summed E-state index contributed by atoms with van der Waals surface area (Å²) < 4.78 is 5.25. The first-order chi connectivity index (χ1) is 6.72. The maximum absolute atomic E-state index is 5.25. The lowest BCUT2D eigenvalue weighted by Gasteiger charge is -2.32. The standard InChI is InChI=1S/C12H17NO/c1-9-12-8-11(14-3)5-4-10(12)6-7-13(9)2/h4-5,8-9H,6-7H2,1-3H3. The quantitative estimate of drug-likeness (QED) is 0.675. The van der Waals surface area contributed by atoms with Gasteiger partial charge in [-0.15, -0.1) is 0 Å². The van der Waals surface area contributed by atoms with E-state index in [2.05, 4.69) is 37.1 Å². The molecule has 1 atom stereocenters. The fraction of sp³-hybridized carbons (Fsp3) is 0.500. The highest BCUT2D eigenvalue weighted by Crippen LogP contribution is 2.30. The molecule has 0 saturated carbocycles. The second-order valence-electron chi connectivity index (χ2n) is 3.97. The fourth-order valence-electron chi connectivity index (χ4n) is 2.04. The van der Waals surface area contributed by atoms with Crippen LogP contribution >= 0.6 is 0 Å². The lowest BCUT2D eigenvalue weighted by atomic mass is 9.94. The Morgan fingerprint density at radius 3 is 2.93 bits per heavy atom. The zero-order chi connectivity index (χ0) is 10.1. The summed E-state index contributed by atoms with van der Waals surface area (Å²) in [5.41, 5.74) is 2.88. The first kappa shape index (κ1) is 9.53. The molecule has 1 heterocycles. The van der Waals surface area contributed by atoms with E-state index in [0.29, 0.717) is 6.04 Å². The summed E-state index contributed by atoms with van der Waals surface area (Å²) in [7, 11) is 3.89. The van der Waals surface area contributed by atoms with Gasteiger partial charge < -0.3 is 4.74 Å². The predicted molar refractivity (Wildman–Crippen MR) is 57.7 cm³/mol. The van der Waals surface area contributed by atoms with Crippen molar-refractivity contribution in [2.75, 3.05) is 20.7 Å². The maximum Gasteiger partial charge on any atom is 0.119 e. The van der Waals surface area contributed by atoms with Gasteiger partial charge in [0.25, 0.3) is 0 Å². The van der Waals surface area contributed by atoms with Crippen LogP contribution in [0, 0.1) is 0 Å². The highest BCUT2D eigenvalue weighted by Gasteiger charge is 2.20. The summed E-state index contributed by atoms with van der Waals surface area (Å²) in [5.74, 6) is 0.964. The van der Waals surface area contributed by atoms with Gasteiger partial charge in [0, 0.05) is 12.6 Å². The Bertz CT molecular complexity index is 335. The molecule has 0 amide bonds. The molecule has 2 rings (SSSR count). The van der Waals surface area contributed by atoms with Crippen LogP contribution in [0.4, 0.5) is 0 Å². The minimum atomic E-state index is 0.508. The Hall–Kier alpha value is -1.02. The van der Waals surface area contributed by atoms with Crippen molar-refractivity contribution in [1.29, 1.82) is 0 Å². The van der Waals surface area contributed by atoms with Gasteiger partial charge in [0.15, 0.2) is 0 Å². The highest BCUT2D eigenvalue weighted by atomic mass is 16.5. The van der Waals surface area contributed by atoms with Crippen molar-refractivity contribution in [1.82, 2.24) is 4.90 Å². The van der Waals surface area contributed by atoms with Gasteiger partial charge in [-0.2, -0.15) is 0 Å². The van der Waals surface area contributed by atoms with E-state index in [1.54, 1.807) is 7.11 Å². The number of ether oxygens (including phenoxy) is 1. The molecule has 0 bridgehead atoms.